The molecule has 0 unspecified atom stereocenters. The zero-order valence-electron chi connectivity index (χ0n) is 18.1. The summed E-state index contributed by atoms with van der Waals surface area (Å²) < 4.78 is 0.572. The molecular weight excluding hydrogens is 559 g/mol. The largest absolute Gasteiger partial charge is 0.320 e. The highest BCUT2D eigenvalue weighted by Gasteiger charge is 2.25. The van der Waals surface area contributed by atoms with Crippen molar-refractivity contribution in [3.8, 4) is 0 Å². The first kappa shape index (κ1) is 25.1. The van der Waals surface area contributed by atoms with E-state index in [9.17, 15) is 4.79 Å². The number of carbonyl (C=O) groups is 1. The fourth-order valence-corrected chi connectivity index (χ4v) is 4.69. The quantitative estimate of drug-likeness (QED) is 0.310. The van der Waals surface area contributed by atoms with Crippen LogP contribution in [0.1, 0.15) is 40.4 Å². The molecule has 1 saturated heterocycles. The highest BCUT2D eigenvalue weighted by Crippen LogP contribution is 2.36. The number of halogens is 4. The van der Waals surface area contributed by atoms with Crippen molar-refractivity contribution in [1.82, 2.24) is 14.9 Å². The Morgan fingerprint density at radius 2 is 1.85 bits per heavy atom. The van der Waals surface area contributed by atoms with Crippen LogP contribution in [-0.4, -0.2) is 40.4 Å². The molecule has 5 nitrogen and oxygen atoms in total. The van der Waals surface area contributed by atoms with Crippen molar-refractivity contribution in [1.29, 1.82) is 0 Å². The van der Waals surface area contributed by atoms with Gasteiger partial charge in [0.05, 0.1) is 16.4 Å². The van der Waals surface area contributed by atoms with Crippen LogP contribution in [0.25, 0.3) is 6.08 Å². The van der Waals surface area contributed by atoms with E-state index in [2.05, 4.69) is 48.3 Å². The van der Waals surface area contributed by atoms with Gasteiger partial charge in [-0.1, -0.05) is 59.1 Å². The van der Waals surface area contributed by atoms with Crippen LogP contribution in [0.3, 0.4) is 0 Å². The van der Waals surface area contributed by atoms with Crippen molar-refractivity contribution in [3.05, 3.63) is 91.4 Å². The van der Waals surface area contributed by atoms with Crippen molar-refractivity contribution in [2.45, 2.75) is 18.8 Å². The Bertz CT molecular complexity index is 1200. The maximum atomic E-state index is 12.8. The predicted octanol–water partition coefficient (Wildman–Crippen LogP) is 7.34. The van der Waals surface area contributed by atoms with Gasteiger partial charge in [0.2, 0.25) is 0 Å². The molecular formula is C25H22BrCl3N4O. The van der Waals surface area contributed by atoms with Gasteiger partial charge in [-0.05, 0) is 77.8 Å². The summed E-state index contributed by atoms with van der Waals surface area (Å²) in [7, 11) is 0. The number of hydrogen-bond acceptors (Lipinski definition) is 4. The molecule has 1 aromatic carbocycles. The maximum absolute atomic E-state index is 12.8. The summed E-state index contributed by atoms with van der Waals surface area (Å²) in [6.07, 6.45) is 7.65. The Balaban J connectivity index is 1.41. The Kier molecular flexibility index (Phi) is 8.61. The third kappa shape index (κ3) is 6.58. The topological polar surface area (TPSA) is 58.1 Å². The molecule has 0 radical (unpaired) electrons. The Morgan fingerprint density at radius 1 is 1.12 bits per heavy atom. The molecule has 0 atom stereocenters. The lowest BCUT2D eigenvalue weighted by atomic mass is 9.92. The van der Waals surface area contributed by atoms with Crippen LogP contribution in [0.15, 0.2) is 59.3 Å². The molecule has 0 bridgehead atoms. The average molecular weight is 581 g/mol. The minimum absolute atomic E-state index is 0.210. The van der Waals surface area contributed by atoms with Gasteiger partial charge in [0, 0.05) is 29.2 Å². The second-order valence-corrected chi connectivity index (χ2v) is 10.0. The van der Waals surface area contributed by atoms with Crippen LogP contribution in [0.4, 0.5) is 5.69 Å². The van der Waals surface area contributed by atoms with E-state index in [1.807, 2.05) is 24.3 Å². The van der Waals surface area contributed by atoms with E-state index in [4.69, 9.17) is 34.8 Å². The van der Waals surface area contributed by atoms with Crippen LogP contribution in [0.2, 0.25) is 15.2 Å². The van der Waals surface area contributed by atoms with Gasteiger partial charge in [0.25, 0.3) is 5.91 Å². The van der Waals surface area contributed by atoms with Crippen molar-refractivity contribution in [2.24, 2.45) is 0 Å². The number of likely N-dealkylation sites (tertiary alicyclic amines) is 1. The lowest BCUT2D eigenvalue weighted by Crippen LogP contribution is -2.33. The summed E-state index contributed by atoms with van der Waals surface area (Å²) in [5.74, 6) is -0.0723. The highest BCUT2D eigenvalue weighted by atomic mass is 79.9. The van der Waals surface area contributed by atoms with Crippen molar-refractivity contribution >= 4 is 68.4 Å². The number of carbonyl (C=O) groups excluding carboxylic acids is 1. The van der Waals surface area contributed by atoms with Gasteiger partial charge in [-0.2, -0.15) is 0 Å². The van der Waals surface area contributed by atoms with Crippen LogP contribution < -0.4 is 5.32 Å². The van der Waals surface area contributed by atoms with E-state index in [1.54, 1.807) is 12.1 Å². The van der Waals surface area contributed by atoms with E-state index >= 15 is 0 Å². The summed E-state index contributed by atoms with van der Waals surface area (Å²) >= 11 is 21.6. The van der Waals surface area contributed by atoms with Crippen molar-refractivity contribution in [2.75, 3.05) is 25.0 Å². The van der Waals surface area contributed by atoms with E-state index < -0.39 is 0 Å². The molecule has 3 aromatic rings. The number of nitrogens with zero attached hydrogens (tertiary/aromatic N) is 3. The predicted molar refractivity (Wildman–Crippen MR) is 143 cm³/mol. The first-order chi connectivity index (χ1) is 16.4. The third-order valence-corrected chi connectivity index (χ3v) is 7.30. The second-order valence-electron chi connectivity index (χ2n) is 8.04. The first-order valence-corrected chi connectivity index (χ1v) is 12.7. The van der Waals surface area contributed by atoms with E-state index in [1.165, 1.54) is 12.3 Å². The minimum atomic E-state index is -0.282. The number of amides is 1. The molecule has 1 aliphatic heterocycles. The summed E-state index contributed by atoms with van der Waals surface area (Å²) in [4.78, 5) is 23.8. The summed E-state index contributed by atoms with van der Waals surface area (Å²) in [6.45, 7) is 2.75. The number of rotatable bonds is 6. The summed E-state index contributed by atoms with van der Waals surface area (Å²) in [5.41, 5.74) is 3.01. The molecule has 34 heavy (non-hydrogen) atoms. The van der Waals surface area contributed by atoms with E-state index in [-0.39, 0.29) is 17.0 Å². The molecule has 1 amide bonds. The van der Waals surface area contributed by atoms with Gasteiger partial charge in [-0.25, -0.2) is 9.97 Å². The van der Waals surface area contributed by atoms with Gasteiger partial charge in [-0.3, -0.25) is 9.69 Å². The summed E-state index contributed by atoms with van der Waals surface area (Å²) in [5, 5.41) is 4.40. The molecule has 1 fully saturated rings. The van der Waals surface area contributed by atoms with Crippen LogP contribution >= 0.6 is 50.7 Å². The fraction of sp³-hybridized carbons (Fsp3) is 0.240. The second kappa shape index (κ2) is 11.6. The van der Waals surface area contributed by atoms with Gasteiger partial charge >= 0.3 is 0 Å². The molecule has 9 heteroatoms. The maximum Gasteiger partial charge on any atom is 0.255 e. The number of nitrogens with one attached hydrogen (secondary N) is 1. The minimum Gasteiger partial charge on any atom is -0.320 e. The number of pyridine rings is 2. The van der Waals surface area contributed by atoms with Gasteiger partial charge in [0.15, 0.2) is 0 Å². The van der Waals surface area contributed by atoms with Crippen LogP contribution in [0, 0.1) is 0 Å². The Morgan fingerprint density at radius 3 is 2.56 bits per heavy atom. The standard InChI is InChI=1S/C25H22BrCl3N4O/c26-24-20(28)15-21(31-25(34)18-7-10-30-22(29)14-18)23(32-24)17-8-12-33(13-9-17)11-1-2-16-3-5-19(27)6-4-16/h1-7,10,14-15,17H,8-9,11-13H2,(H,31,34)/b2-1+. The molecule has 0 spiro atoms. The molecule has 176 valence electrons. The normalized spacial score (nSPS) is 15.1. The third-order valence-electron chi connectivity index (χ3n) is 5.72. The lowest BCUT2D eigenvalue weighted by molar-refractivity contribution is 0.102. The first-order valence-electron chi connectivity index (χ1n) is 10.8. The molecule has 1 N–H and O–H groups in total. The number of anilines is 1. The number of aromatic nitrogens is 2. The number of piperidine rings is 1. The number of hydrogen-bond donors (Lipinski definition) is 1. The highest BCUT2D eigenvalue weighted by molar-refractivity contribution is 9.10. The Hall–Kier alpha value is -1.96. The molecule has 0 aliphatic carbocycles. The van der Waals surface area contributed by atoms with E-state index in [0.717, 1.165) is 48.8 Å². The number of benzene rings is 1. The van der Waals surface area contributed by atoms with Crippen LogP contribution in [-0.2, 0) is 0 Å². The molecule has 3 heterocycles. The zero-order chi connectivity index (χ0) is 24.1. The van der Waals surface area contributed by atoms with E-state index in [0.29, 0.717) is 20.9 Å². The van der Waals surface area contributed by atoms with Gasteiger partial charge in [0.1, 0.15) is 9.76 Å². The SMILES string of the molecule is O=C(Nc1cc(Cl)c(Br)nc1C1CCN(C/C=C/c2ccc(Cl)cc2)CC1)c1ccnc(Cl)c1. The Labute approximate surface area is 222 Å². The zero-order valence-corrected chi connectivity index (χ0v) is 22.0. The average Bonchev–Trinajstić information content (AvgIpc) is 2.83. The molecule has 1 aliphatic rings. The smallest absolute Gasteiger partial charge is 0.255 e. The monoisotopic (exact) mass is 578 g/mol. The molecule has 4 rings (SSSR count). The van der Waals surface area contributed by atoms with Gasteiger partial charge < -0.3 is 5.32 Å². The van der Waals surface area contributed by atoms with Crippen molar-refractivity contribution in [3.63, 3.8) is 0 Å². The van der Waals surface area contributed by atoms with Crippen LogP contribution in [0.5, 0.6) is 0 Å². The fourth-order valence-electron chi connectivity index (χ4n) is 3.93. The molecule has 2 aromatic heterocycles. The summed E-state index contributed by atoms with van der Waals surface area (Å²) in [6, 6.07) is 12.7. The lowest BCUT2D eigenvalue weighted by Gasteiger charge is -2.31. The van der Waals surface area contributed by atoms with Gasteiger partial charge in [-0.15, -0.1) is 0 Å². The van der Waals surface area contributed by atoms with Crippen molar-refractivity contribution < 1.29 is 4.79 Å². The molecule has 0 saturated carbocycles.